The van der Waals surface area contributed by atoms with E-state index in [9.17, 15) is 4.79 Å². The van der Waals surface area contributed by atoms with Crippen LogP contribution in [0, 0.1) is 0 Å². The van der Waals surface area contributed by atoms with Gasteiger partial charge in [0.25, 0.3) is 0 Å². The molecule has 2 aliphatic rings. The SMILES string of the molecule is CO[C@@H]1[C@H]2CC[C@H]1OCCN2C(=O)Cc1ccsc1. The zero-order valence-corrected chi connectivity index (χ0v) is 11.9. The van der Waals surface area contributed by atoms with Crippen molar-refractivity contribution in [3.63, 3.8) is 0 Å². The van der Waals surface area contributed by atoms with Crippen molar-refractivity contribution in [1.82, 2.24) is 4.90 Å². The first-order chi connectivity index (χ1) is 9.29. The predicted molar refractivity (Wildman–Crippen MR) is 73.3 cm³/mol. The molecule has 1 saturated heterocycles. The smallest absolute Gasteiger partial charge is 0.227 e. The summed E-state index contributed by atoms with van der Waals surface area (Å²) in [5.41, 5.74) is 1.10. The zero-order valence-electron chi connectivity index (χ0n) is 11.1. The Hall–Kier alpha value is -0.910. The lowest BCUT2D eigenvalue weighted by molar-refractivity contribution is -0.134. The summed E-state index contributed by atoms with van der Waals surface area (Å²) in [6, 6.07) is 2.20. The maximum absolute atomic E-state index is 12.5. The van der Waals surface area contributed by atoms with Crippen molar-refractivity contribution in [3.05, 3.63) is 22.4 Å². The molecule has 1 aliphatic heterocycles. The number of amides is 1. The van der Waals surface area contributed by atoms with Crippen LogP contribution in [0.4, 0.5) is 0 Å². The first-order valence-corrected chi connectivity index (χ1v) is 7.69. The molecule has 0 unspecified atom stereocenters. The van der Waals surface area contributed by atoms with Gasteiger partial charge in [-0.1, -0.05) is 0 Å². The average Bonchev–Trinajstić information content (AvgIpc) is 2.97. The largest absolute Gasteiger partial charge is 0.377 e. The van der Waals surface area contributed by atoms with Crippen molar-refractivity contribution in [3.8, 4) is 0 Å². The molecule has 104 valence electrons. The molecule has 2 heterocycles. The van der Waals surface area contributed by atoms with Crippen molar-refractivity contribution in [2.45, 2.75) is 37.5 Å². The molecule has 0 spiro atoms. The van der Waals surface area contributed by atoms with Gasteiger partial charge < -0.3 is 14.4 Å². The van der Waals surface area contributed by atoms with Crippen LogP contribution in [0.25, 0.3) is 0 Å². The van der Waals surface area contributed by atoms with Crippen LogP contribution in [-0.4, -0.2) is 49.3 Å². The molecule has 3 rings (SSSR count). The molecule has 2 fully saturated rings. The Morgan fingerprint density at radius 1 is 1.58 bits per heavy atom. The summed E-state index contributed by atoms with van der Waals surface area (Å²) in [4.78, 5) is 14.5. The average molecular weight is 281 g/mol. The van der Waals surface area contributed by atoms with Crippen LogP contribution in [0.3, 0.4) is 0 Å². The molecule has 1 amide bonds. The van der Waals surface area contributed by atoms with Gasteiger partial charge in [-0.05, 0) is 35.2 Å². The van der Waals surface area contributed by atoms with E-state index in [0.29, 0.717) is 19.6 Å². The van der Waals surface area contributed by atoms with Crippen molar-refractivity contribution < 1.29 is 14.3 Å². The van der Waals surface area contributed by atoms with Gasteiger partial charge in [0.15, 0.2) is 0 Å². The number of hydrogen-bond acceptors (Lipinski definition) is 4. The number of fused-ring (bicyclic) bond motifs is 2. The van der Waals surface area contributed by atoms with Crippen LogP contribution < -0.4 is 0 Å². The highest BCUT2D eigenvalue weighted by Gasteiger charge is 2.43. The van der Waals surface area contributed by atoms with E-state index in [-0.39, 0.29) is 24.2 Å². The highest BCUT2D eigenvalue weighted by Crippen LogP contribution is 2.32. The van der Waals surface area contributed by atoms with Gasteiger partial charge in [-0.2, -0.15) is 11.3 Å². The van der Waals surface area contributed by atoms with E-state index in [4.69, 9.17) is 9.47 Å². The van der Waals surface area contributed by atoms with Crippen LogP contribution in [0.1, 0.15) is 18.4 Å². The quantitative estimate of drug-likeness (QED) is 0.846. The van der Waals surface area contributed by atoms with E-state index < -0.39 is 0 Å². The van der Waals surface area contributed by atoms with Crippen molar-refractivity contribution in [2.24, 2.45) is 0 Å². The molecule has 0 N–H and O–H groups in total. The van der Waals surface area contributed by atoms with Crippen molar-refractivity contribution in [1.29, 1.82) is 0 Å². The fourth-order valence-electron chi connectivity index (χ4n) is 3.18. The Kier molecular flexibility index (Phi) is 3.86. The second-order valence-electron chi connectivity index (χ2n) is 5.15. The van der Waals surface area contributed by atoms with Gasteiger partial charge in [0.05, 0.1) is 25.2 Å². The molecule has 5 heteroatoms. The third-order valence-corrected chi connectivity index (χ3v) is 4.82. The molecule has 1 aromatic rings. The van der Waals surface area contributed by atoms with Gasteiger partial charge >= 0.3 is 0 Å². The maximum Gasteiger partial charge on any atom is 0.227 e. The van der Waals surface area contributed by atoms with E-state index >= 15 is 0 Å². The van der Waals surface area contributed by atoms with E-state index in [1.807, 2.05) is 21.7 Å². The van der Waals surface area contributed by atoms with Gasteiger partial charge in [-0.15, -0.1) is 0 Å². The van der Waals surface area contributed by atoms with Crippen molar-refractivity contribution >= 4 is 17.2 Å². The molecular weight excluding hydrogens is 262 g/mol. The maximum atomic E-state index is 12.5. The van der Waals surface area contributed by atoms with Crippen LogP contribution in [-0.2, 0) is 20.7 Å². The summed E-state index contributed by atoms with van der Waals surface area (Å²) >= 11 is 1.63. The normalized spacial score (nSPS) is 30.4. The standard InChI is InChI=1S/C14H19NO3S/c1-17-14-11-2-3-12(14)18-6-5-15(11)13(16)8-10-4-7-19-9-10/h4,7,9,11-12,14H,2-3,5-6,8H2,1H3/t11-,12-,14-/m1/s1. The van der Waals surface area contributed by atoms with Gasteiger partial charge in [0, 0.05) is 13.7 Å². The number of methoxy groups -OCH3 is 1. The molecule has 0 radical (unpaired) electrons. The second kappa shape index (κ2) is 5.61. The minimum absolute atomic E-state index is 0.0360. The zero-order chi connectivity index (χ0) is 13.2. The first-order valence-electron chi connectivity index (χ1n) is 6.74. The Labute approximate surface area is 117 Å². The Morgan fingerprint density at radius 3 is 3.21 bits per heavy atom. The molecule has 0 aromatic carbocycles. The monoisotopic (exact) mass is 281 g/mol. The summed E-state index contributed by atoms with van der Waals surface area (Å²) in [6.45, 7) is 1.31. The number of nitrogens with zero attached hydrogens (tertiary/aromatic N) is 1. The topological polar surface area (TPSA) is 38.8 Å². The number of carbonyl (C=O) groups is 1. The van der Waals surface area contributed by atoms with Crippen LogP contribution in [0.15, 0.2) is 16.8 Å². The highest BCUT2D eigenvalue weighted by molar-refractivity contribution is 7.07. The number of hydrogen-bond donors (Lipinski definition) is 0. The third-order valence-electron chi connectivity index (χ3n) is 4.09. The molecule has 3 atom stereocenters. The molecular formula is C14H19NO3S. The second-order valence-corrected chi connectivity index (χ2v) is 5.93. The number of thiophene rings is 1. The molecule has 4 nitrogen and oxygen atoms in total. The molecule has 19 heavy (non-hydrogen) atoms. The summed E-state index contributed by atoms with van der Waals surface area (Å²) in [5.74, 6) is 0.191. The van der Waals surface area contributed by atoms with Gasteiger partial charge in [-0.25, -0.2) is 0 Å². The van der Waals surface area contributed by atoms with Gasteiger partial charge in [0.1, 0.15) is 6.10 Å². The Bertz CT molecular complexity index is 434. The summed E-state index contributed by atoms with van der Waals surface area (Å²) < 4.78 is 11.4. The molecule has 1 aliphatic carbocycles. The fourth-order valence-corrected chi connectivity index (χ4v) is 3.85. The Morgan fingerprint density at radius 2 is 2.47 bits per heavy atom. The minimum atomic E-state index is 0.0360. The van der Waals surface area contributed by atoms with E-state index in [2.05, 4.69) is 0 Å². The van der Waals surface area contributed by atoms with Gasteiger partial charge in [0.2, 0.25) is 5.91 Å². The molecule has 1 saturated carbocycles. The Balaban J connectivity index is 1.73. The summed E-state index contributed by atoms with van der Waals surface area (Å²) in [7, 11) is 1.71. The number of ether oxygens (including phenoxy) is 2. The first kappa shape index (κ1) is 13.1. The number of carbonyl (C=O) groups excluding carboxylic acids is 1. The van der Waals surface area contributed by atoms with E-state index in [1.54, 1.807) is 18.4 Å². The lowest BCUT2D eigenvalue weighted by Gasteiger charge is -2.30. The molecule has 1 aromatic heterocycles. The summed E-state index contributed by atoms with van der Waals surface area (Å²) in [6.07, 6.45) is 2.66. The van der Waals surface area contributed by atoms with Gasteiger partial charge in [-0.3, -0.25) is 4.79 Å². The number of rotatable bonds is 3. The third kappa shape index (κ3) is 2.55. The van der Waals surface area contributed by atoms with E-state index in [0.717, 1.165) is 18.4 Å². The van der Waals surface area contributed by atoms with Crippen LogP contribution >= 0.6 is 11.3 Å². The minimum Gasteiger partial charge on any atom is -0.377 e. The van der Waals surface area contributed by atoms with Crippen LogP contribution in [0.5, 0.6) is 0 Å². The predicted octanol–water partition coefficient (Wildman–Crippen LogP) is 1.70. The highest BCUT2D eigenvalue weighted by atomic mass is 32.1. The lowest BCUT2D eigenvalue weighted by atomic mass is 10.1. The summed E-state index contributed by atoms with van der Waals surface area (Å²) in [5, 5.41) is 4.05. The van der Waals surface area contributed by atoms with Crippen LogP contribution in [0.2, 0.25) is 0 Å². The van der Waals surface area contributed by atoms with Crippen molar-refractivity contribution in [2.75, 3.05) is 20.3 Å². The van der Waals surface area contributed by atoms with E-state index in [1.165, 1.54) is 0 Å². The lowest BCUT2D eigenvalue weighted by Crippen LogP contribution is -2.46. The molecule has 2 bridgehead atoms. The fraction of sp³-hybridized carbons (Fsp3) is 0.643.